The van der Waals surface area contributed by atoms with Crippen molar-refractivity contribution in [2.75, 3.05) is 18.9 Å². The van der Waals surface area contributed by atoms with Gasteiger partial charge in [-0.25, -0.2) is 9.50 Å². The molecule has 2 amide bonds. The average Bonchev–Trinajstić information content (AvgIpc) is 3.36. The molecule has 2 N–H and O–H groups in total. The largest absolute Gasteiger partial charge is 0.381 e. The van der Waals surface area contributed by atoms with Gasteiger partial charge in [0.05, 0.1) is 18.3 Å². The zero-order valence-electron chi connectivity index (χ0n) is 17.4. The Bertz CT molecular complexity index is 1280. The Morgan fingerprint density at radius 2 is 2.00 bits per heavy atom. The van der Waals surface area contributed by atoms with E-state index in [0.717, 1.165) is 5.56 Å². The number of nitrogens with zero attached hydrogens (tertiary/aromatic N) is 6. The lowest BCUT2D eigenvalue weighted by Gasteiger charge is -2.18. The third-order valence-electron chi connectivity index (χ3n) is 4.80. The molecule has 0 aliphatic carbocycles. The van der Waals surface area contributed by atoms with Crippen LogP contribution < -0.4 is 5.32 Å². The van der Waals surface area contributed by atoms with Gasteiger partial charge in [0.2, 0.25) is 0 Å². The van der Waals surface area contributed by atoms with Crippen LogP contribution in [0.2, 0.25) is 0 Å². The Labute approximate surface area is 188 Å². The lowest BCUT2D eigenvalue weighted by Crippen LogP contribution is -2.33. The summed E-state index contributed by atoms with van der Waals surface area (Å²) in [7, 11) is 3.09. The lowest BCUT2D eigenvalue weighted by atomic mass is 10.2. The molecule has 164 valence electrons. The number of anilines is 1. The van der Waals surface area contributed by atoms with Gasteiger partial charge in [-0.3, -0.25) is 14.3 Å². The number of carbonyl (C=O) groups excluding carboxylic acids is 2. The number of aryl methyl sites for hydroxylation is 1. The van der Waals surface area contributed by atoms with Crippen molar-refractivity contribution in [1.82, 2.24) is 29.3 Å². The monoisotopic (exact) mass is 451 g/mol. The SMILES string of the molecule is CN(CC(O)S)C(=O)c1cnn(C)c1C(=O)Nc1ccn2nc(-c3ccccc3)nc2c1. The Balaban J connectivity index is 1.58. The number of rotatable bonds is 6. The highest BCUT2D eigenvalue weighted by molar-refractivity contribution is 7.80. The van der Waals surface area contributed by atoms with Crippen molar-refractivity contribution in [3.05, 3.63) is 66.1 Å². The van der Waals surface area contributed by atoms with Gasteiger partial charge < -0.3 is 15.3 Å². The van der Waals surface area contributed by atoms with Crippen LogP contribution >= 0.6 is 12.6 Å². The second kappa shape index (κ2) is 8.81. The van der Waals surface area contributed by atoms with Gasteiger partial charge >= 0.3 is 0 Å². The predicted molar refractivity (Wildman–Crippen MR) is 122 cm³/mol. The molecule has 11 heteroatoms. The van der Waals surface area contributed by atoms with E-state index in [1.54, 1.807) is 29.9 Å². The van der Waals surface area contributed by atoms with Gasteiger partial charge in [0.1, 0.15) is 11.1 Å². The van der Waals surface area contributed by atoms with Crippen LogP contribution in [0.4, 0.5) is 5.69 Å². The van der Waals surface area contributed by atoms with Crippen molar-refractivity contribution in [1.29, 1.82) is 0 Å². The Morgan fingerprint density at radius 3 is 2.72 bits per heavy atom. The number of likely N-dealkylation sites (N-methyl/N-ethyl adjacent to an activating group) is 1. The molecule has 32 heavy (non-hydrogen) atoms. The lowest BCUT2D eigenvalue weighted by molar-refractivity contribution is 0.0748. The van der Waals surface area contributed by atoms with E-state index in [4.69, 9.17) is 0 Å². The topological polar surface area (TPSA) is 118 Å². The van der Waals surface area contributed by atoms with E-state index in [1.165, 1.54) is 22.8 Å². The fourth-order valence-electron chi connectivity index (χ4n) is 3.26. The molecule has 3 heterocycles. The Kier molecular flexibility index (Phi) is 5.93. The van der Waals surface area contributed by atoms with E-state index in [-0.39, 0.29) is 17.8 Å². The van der Waals surface area contributed by atoms with E-state index in [0.29, 0.717) is 17.2 Å². The summed E-state index contributed by atoms with van der Waals surface area (Å²) in [5.41, 5.74) is 1.17. The number of nitrogens with one attached hydrogen (secondary N) is 1. The van der Waals surface area contributed by atoms with Gasteiger partial charge in [-0.05, 0) is 6.07 Å². The molecule has 0 saturated heterocycles. The minimum absolute atomic E-state index is 0.00515. The van der Waals surface area contributed by atoms with Crippen molar-refractivity contribution in [2.24, 2.45) is 7.05 Å². The predicted octanol–water partition coefficient (Wildman–Crippen LogP) is 1.70. The molecule has 0 radical (unpaired) electrons. The third kappa shape index (κ3) is 4.34. The molecule has 10 nitrogen and oxygen atoms in total. The van der Waals surface area contributed by atoms with Crippen molar-refractivity contribution in [3.8, 4) is 11.4 Å². The number of benzene rings is 1. The highest BCUT2D eigenvalue weighted by atomic mass is 32.1. The van der Waals surface area contributed by atoms with Crippen LogP contribution in [0.1, 0.15) is 20.8 Å². The highest BCUT2D eigenvalue weighted by Gasteiger charge is 2.25. The van der Waals surface area contributed by atoms with Crippen LogP contribution in [-0.2, 0) is 7.05 Å². The molecular weight excluding hydrogens is 430 g/mol. The number of hydrogen-bond acceptors (Lipinski definition) is 7. The molecule has 4 rings (SSSR count). The molecule has 0 fully saturated rings. The molecule has 0 saturated carbocycles. The molecule has 1 unspecified atom stereocenters. The first-order valence-corrected chi connectivity index (χ1v) is 10.2. The summed E-state index contributed by atoms with van der Waals surface area (Å²) in [4.78, 5) is 31.5. The molecular formula is C21H21N7O3S. The van der Waals surface area contributed by atoms with Gasteiger partial charge in [0.25, 0.3) is 11.8 Å². The van der Waals surface area contributed by atoms with Gasteiger partial charge in [-0.2, -0.15) is 5.10 Å². The normalized spacial score (nSPS) is 12.0. The molecule has 0 bridgehead atoms. The summed E-state index contributed by atoms with van der Waals surface area (Å²) < 4.78 is 2.95. The number of thiol groups is 1. The number of aliphatic hydroxyl groups excluding tert-OH is 1. The summed E-state index contributed by atoms with van der Waals surface area (Å²) in [6.45, 7) is 0.00515. The smallest absolute Gasteiger partial charge is 0.274 e. The summed E-state index contributed by atoms with van der Waals surface area (Å²) in [5.74, 6) is -0.375. The number of aliphatic hydroxyl groups is 1. The minimum Gasteiger partial charge on any atom is -0.381 e. The third-order valence-corrected chi connectivity index (χ3v) is 4.96. The van der Waals surface area contributed by atoms with E-state index in [9.17, 15) is 14.7 Å². The number of carbonyl (C=O) groups is 2. The maximum atomic E-state index is 13.0. The summed E-state index contributed by atoms with van der Waals surface area (Å²) in [6, 6.07) is 13.0. The maximum absolute atomic E-state index is 13.0. The number of pyridine rings is 1. The van der Waals surface area contributed by atoms with Crippen molar-refractivity contribution in [3.63, 3.8) is 0 Å². The number of fused-ring (bicyclic) bond motifs is 1. The maximum Gasteiger partial charge on any atom is 0.274 e. The highest BCUT2D eigenvalue weighted by Crippen LogP contribution is 2.19. The fourth-order valence-corrected chi connectivity index (χ4v) is 3.50. The second-order valence-electron chi connectivity index (χ2n) is 7.17. The van der Waals surface area contributed by atoms with Crippen LogP contribution in [0.3, 0.4) is 0 Å². The fraction of sp³-hybridized carbons (Fsp3) is 0.190. The summed E-state index contributed by atoms with van der Waals surface area (Å²) in [5, 5.41) is 20.7. The first kappa shape index (κ1) is 21.5. The van der Waals surface area contributed by atoms with Crippen LogP contribution in [-0.4, -0.2) is 65.2 Å². The molecule has 3 aromatic heterocycles. The van der Waals surface area contributed by atoms with Crippen LogP contribution in [0.15, 0.2) is 54.9 Å². The summed E-state index contributed by atoms with van der Waals surface area (Å²) >= 11 is 3.89. The number of amides is 2. The van der Waals surface area contributed by atoms with Crippen LogP contribution in [0, 0.1) is 0 Å². The van der Waals surface area contributed by atoms with Crippen molar-refractivity contribution >= 4 is 35.8 Å². The quantitative estimate of drug-likeness (QED) is 0.303. The standard InChI is InChI=1S/C21H21N7O3S/c1-26(12-17(29)32)21(31)15-11-22-27(2)18(15)20(30)23-14-8-9-28-16(10-14)24-19(25-28)13-6-4-3-5-7-13/h3-11,17,29,32H,12H2,1-2H3,(H,23,30). The van der Waals surface area contributed by atoms with E-state index in [2.05, 4.69) is 33.1 Å². The molecule has 1 aromatic carbocycles. The van der Waals surface area contributed by atoms with Gasteiger partial charge in [0.15, 0.2) is 11.5 Å². The van der Waals surface area contributed by atoms with Crippen molar-refractivity contribution in [2.45, 2.75) is 5.44 Å². The van der Waals surface area contributed by atoms with Crippen molar-refractivity contribution < 1.29 is 14.7 Å². The van der Waals surface area contributed by atoms with Gasteiger partial charge in [0, 0.05) is 37.6 Å². The number of hydrogen-bond donors (Lipinski definition) is 3. The minimum atomic E-state index is -0.992. The van der Waals surface area contributed by atoms with Gasteiger partial charge in [-0.15, -0.1) is 17.7 Å². The molecule has 0 aliphatic rings. The Morgan fingerprint density at radius 1 is 1.25 bits per heavy atom. The van der Waals surface area contributed by atoms with E-state index >= 15 is 0 Å². The number of aromatic nitrogens is 5. The van der Waals surface area contributed by atoms with Crippen LogP contribution in [0.5, 0.6) is 0 Å². The molecule has 4 aromatic rings. The Hall–Kier alpha value is -3.70. The average molecular weight is 452 g/mol. The zero-order chi connectivity index (χ0) is 22.8. The zero-order valence-corrected chi connectivity index (χ0v) is 18.3. The molecule has 0 aliphatic heterocycles. The van der Waals surface area contributed by atoms with Crippen LogP contribution in [0.25, 0.3) is 17.0 Å². The first-order valence-electron chi connectivity index (χ1n) is 9.70. The first-order chi connectivity index (χ1) is 15.3. The molecule has 1 atom stereocenters. The van der Waals surface area contributed by atoms with Gasteiger partial charge in [-0.1, -0.05) is 30.3 Å². The van der Waals surface area contributed by atoms with E-state index < -0.39 is 17.3 Å². The summed E-state index contributed by atoms with van der Waals surface area (Å²) in [6.07, 6.45) is 3.02. The van der Waals surface area contributed by atoms with E-state index in [1.807, 2.05) is 30.3 Å². The molecule has 0 spiro atoms. The second-order valence-corrected chi connectivity index (χ2v) is 7.77.